The van der Waals surface area contributed by atoms with Crippen molar-refractivity contribution < 1.29 is 9.53 Å². The Balaban J connectivity index is 2.14. The maximum absolute atomic E-state index is 11.7. The Morgan fingerprint density at radius 3 is 2.30 bits per heavy atom. The van der Waals surface area contributed by atoms with E-state index < -0.39 is 5.60 Å². The van der Waals surface area contributed by atoms with E-state index in [0.29, 0.717) is 6.04 Å². The fourth-order valence-electron chi connectivity index (χ4n) is 2.49. The topological polar surface area (TPSA) is 76.4 Å². The Bertz CT molecular complexity index is 281. The standard InChI is InChI=1S/C15H31N3O2/c1-15(2,3)20-14(19)18-13-8-6-12(7-9-13)17-11-5-4-10-16/h12-13,17H,4-11,16H2,1-3H3,(H,18,19). The largest absolute Gasteiger partial charge is 0.444 e. The van der Waals surface area contributed by atoms with Gasteiger partial charge in [-0.25, -0.2) is 4.79 Å². The minimum absolute atomic E-state index is 0.256. The van der Waals surface area contributed by atoms with Crippen LogP contribution >= 0.6 is 0 Å². The number of hydrogen-bond donors (Lipinski definition) is 3. The molecule has 5 nitrogen and oxygen atoms in total. The monoisotopic (exact) mass is 285 g/mol. The van der Waals surface area contributed by atoms with Crippen LogP contribution in [-0.2, 0) is 4.74 Å². The molecule has 1 fully saturated rings. The Kier molecular flexibility index (Phi) is 7.30. The van der Waals surface area contributed by atoms with Crippen molar-refractivity contribution in [1.29, 1.82) is 0 Å². The van der Waals surface area contributed by atoms with Crippen molar-refractivity contribution in [3.63, 3.8) is 0 Å². The van der Waals surface area contributed by atoms with E-state index in [2.05, 4.69) is 10.6 Å². The number of alkyl carbamates (subject to hydrolysis) is 1. The number of nitrogens with one attached hydrogen (secondary N) is 2. The summed E-state index contributed by atoms with van der Waals surface area (Å²) in [6, 6.07) is 0.844. The maximum atomic E-state index is 11.7. The second kappa shape index (κ2) is 8.47. The molecule has 1 amide bonds. The lowest BCUT2D eigenvalue weighted by atomic mass is 9.91. The molecule has 0 atom stereocenters. The summed E-state index contributed by atoms with van der Waals surface area (Å²) in [4.78, 5) is 11.7. The molecule has 0 bridgehead atoms. The molecule has 0 saturated heterocycles. The van der Waals surface area contributed by atoms with E-state index in [1.165, 1.54) is 0 Å². The van der Waals surface area contributed by atoms with E-state index in [1.807, 2.05) is 20.8 Å². The number of amides is 1. The van der Waals surface area contributed by atoms with Crippen LogP contribution in [0.2, 0.25) is 0 Å². The first kappa shape index (κ1) is 17.2. The first-order valence-electron chi connectivity index (χ1n) is 7.83. The van der Waals surface area contributed by atoms with Gasteiger partial charge in [0.2, 0.25) is 0 Å². The number of unbranched alkanes of at least 4 members (excludes halogenated alkanes) is 1. The molecule has 0 unspecified atom stereocenters. The van der Waals surface area contributed by atoms with E-state index in [1.54, 1.807) is 0 Å². The lowest BCUT2D eigenvalue weighted by Crippen LogP contribution is -2.44. The molecule has 4 N–H and O–H groups in total. The molecule has 0 heterocycles. The van der Waals surface area contributed by atoms with Crippen LogP contribution < -0.4 is 16.4 Å². The smallest absolute Gasteiger partial charge is 0.407 e. The molecular formula is C15H31N3O2. The normalized spacial score (nSPS) is 23.4. The number of rotatable bonds is 6. The summed E-state index contributed by atoms with van der Waals surface area (Å²) in [5, 5.41) is 6.54. The van der Waals surface area contributed by atoms with Gasteiger partial charge in [-0.2, -0.15) is 0 Å². The van der Waals surface area contributed by atoms with Gasteiger partial charge in [0.05, 0.1) is 0 Å². The fourth-order valence-corrected chi connectivity index (χ4v) is 2.49. The van der Waals surface area contributed by atoms with Crippen LogP contribution in [0.4, 0.5) is 4.79 Å². The van der Waals surface area contributed by atoms with E-state index in [0.717, 1.165) is 51.6 Å². The van der Waals surface area contributed by atoms with Gasteiger partial charge in [-0.1, -0.05) is 0 Å². The Morgan fingerprint density at radius 1 is 1.15 bits per heavy atom. The highest BCUT2D eigenvalue weighted by molar-refractivity contribution is 5.68. The van der Waals surface area contributed by atoms with E-state index in [-0.39, 0.29) is 12.1 Å². The summed E-state index contributed by atoms with van der Waals surface area (Å²) in [5.41, 5.74) is 5.05. The van der Waals surface area contributed by atoms with Crippen molar-refractivity contribution in [2.24, 2.45) is 5.73 Å². The number of hydrogen-bond acceptors (Lipinski definition) is 4. The molecule has 5 heteroatoms. The van der Waals surface area contributed by atoms with Gasteiger partial charge in [0.15, 0.2) is 0 Å². The van der Waals surface area contributed by atoms with Gasteiger partial charge < -0.3 is 21.1 Å². The molecule has 1 aliphatic carbocycles. The van der Waals surface area contributed by atoms with Gasteiger partial charge in [-0.15, -0.1) is 0 Å². The predicted molar refractivity (Wildman–Crippen MR) is 81.7 cm³/mol. The third kappa shape index (κ3) is 7.70. The van der Waals surface area contributed by atoms with Crippen LogP contribution in [0.1, 0.15) is 59.3 Å². The molecule has 0 aromatic heterocycles. The zero-order valence-electron chi connectivity index (χ0n) is 13.2. The van der Waals surface area contributed by atoms with Crippen LogP contribution in [0.5, 0.6) is 0 Å². The Morgan fingerprint density at radius 2 is 1.75 bits per heavy atom. The van der Waals surface area contributed by atoms with Crippen molar-refractivity contribution in [3.05, 3.63) is 0 Å². The minimum atomic E-state index is -0.425. The summed E-state index contributed by atoms with van der Waals surface area (Å²) < 4.78 is 5.28. The molecule has 1 rings (SSSR count). The zero-order chi connectivity index (χ0) is 15.0. The van der Waals surface area contributed by atoms with Crippen LogP contribution in [-0.4, -0.2) is 36.9 Å². The highest BCUT2D eigenvalue weighted by Gasteiger charge is 2.24. The SMILES string of the molecule is CC(C)(C)OC(=O)NC1CCC(NCCCCN)CC1. The molecule has 118 valence electrons. The quantitative estimate of drug-likeness (QED) is 0.654. The Labute approximate surface area is 123 Å². The number of carbonyl (C=O) groups is 1. The average molecular weight is 285 g/mol. The highest BCUT2D eigenvalue weighted by atomic mass is 16.6. The number of carbonyl (C=O) groups excluding carboxylic acids is 1. The van der Waals surface area contributed by atoms with Crippen molar-refractivity contribution in [1.82, 2.24) is 10.6 Å². The summed E-state index contributed by atoms with van der Waals surface area (Å²) in [7, 11) is 0. The van der Waals surface area contributed by atoms with Crippen LogP contribution in [0.3, 0.4) is 0 Å². The second-order valence-corrected chi connectivity index (χ2v) is 6.64. The highest BCUT2D eigenvalue weighted by Crippen LogP contribution is 2.19. The van der Waals surface area contributed by atoms with Gasteiger partial charge >= 0.3 is 6.09 Å². The van der Waals surface area contributed by atoms with Gasteiger partial charge in [0.25, 0.3) is 0 Å². The van der Waals surface area contributed by atoms with E-state index >= 15 is 0 Å². The van der Waals surface area contributed by atoms with E-state index in [9.17, 15) is 4.79 Å². The summed E-state index contributed by atoms with van der Waals surface area (Å²) in [6.45, 7) is 7.47. The van der Waals surface area contributed by atoms with Gasteiger partial charge in [0.1, 0.15) is 5.60 Å². The van der Waals surface area contributed by atoms with Crippen molar-refractivity contribution in [2.45, 2.75) is 77.0 Å². The molecule has 0 radical (unpaired) electrons. The number of nitrogens with two attached hydrogens (primary N) is 1. The second-order valence-electron chi connectivity index (χ2n) is 6.64. The molecule has 0 aromatic rings. The van der Waals surface area contributed by atoms with Crippen molar-refractivity contribution in [2.75, 3.05) is 13.1 Å². The minimum Gasteiger partial charge on any atom is -0.444 e. The Hall–Kier alpha value is -0.810. The molecular weight excluding hydrogens is 254 g/mol. The lowest BCUT2D eigenvalue weighted by molar-refractivity contribution is 0.0490. The fraction of sp³-hybridized carbons (Fsp3) is 0.933. The molecule has 1 saturated carbocycles. The maximum Gasteiger partial charge on any atom is 0.407 e. The molecule has 0 aliphatic heterocycles. The van der Waals surface area contributed by atoms with Crippen molar-refractivity contribution in [3.8, 4) is 0 Å². The van der Waals surface area contributed by atoms with Crippen molar-refractivity contribution >= 4 is 6.09 Å². The van der Waals surface area contributed by atoms with Crippen LogP contribution in [0.15, 0.2) is 0 Å². The third-order valence-electron chi connectivity index (χ3n) is 3.51. The van der Waals surface area contributed by atoms with Crippen LogP contribution in [0, 0.1) is 0 Å². The number of ether oxygens (including phenoxy) is 1. The van der Waals surface area contributed by atoms with E-state index in [4.69, 9.17) is 10.5 Å². The van der Waals surface area contributed by atoms with Gasteiger partial charge in [-0.05, 0) is 72.4 Å². The van der Waals surface area contributed by atoms with Crippen LogP contribution in [0.25, 0.3) is 0 Å². The molecule has 0 spiro atoms. The predicted octanol–water partition coefficient (Wildman–Crippen LogP) is 2.15. The molecule has 0 aromatic carbocycles. The van der Waals surface area contributed by atoms with Gasteiger partial charge in [-0.3, -0.25) is 0 Å². The average Bonchev–Trinajstić information content (AvgIpc) is 2.34. The molecule has 1 aliphatic rings. The summed E-state index contributed by atoms with van der Waals surface area (Å²) in [5.74, 6) is 0. The first-order valence-corrected chi connectivity index (χ1v) is 7.83. The first-order chi connectivity index (χ1) is 9.40. The summed E-state index contributed by atoms with van der Waals surface area (Å²) in [6.07, 6.45) is 6.21. The molecule has 20 heavy (non-hydrogen) atoms. The summed E-state index contributed by atoms with van der Waals surface area (Å²) >= 11 is 0. The zero-order valence-corrected chi connectivity index (χ0v) is 13.2. The van der Waals surface area contributed by atoms with Gasteiger partial charge in [0, 0.05) is 12.1 Å². The lowest BCUT2D eigenvalue weighted by Gasteiger charge is -2.30. The third-order valence-corrected chi connectivity index (χ3v) is 3.51.